The van der Waals surface area contributed by atoms with Crippen molar-refractivity contribution in [3.05, 3.63) is 59.1 Å². The third-order valence-electron chi connectivity index (χ3n) is 4.02. The predicted molar refractivity (Wildman–Crippen MR) is 111 cm³/mol. The topological polar surface area (TPSA) is 109 Å². The number of para-hydroxylation sites is 1. The van der Waals surface area contributed by atoms with Gasteiger partial charge in [-0.2, -0.15) is 10.5 Å². The Morgan fingerprint density at radius 3 is 2.34 bits per heavy atom. The molecule has 7 nitrogen and oxygen atoms in total. The zero-order valence-corrected chi connectivity index (χ0v) is 16.4. The molecule has 29 heavy (non-hydrogen) atoms. The second-order valence-corrected chi connectivity index (χ2v) is 6.50. The molecule has 8 heteroatoms. The average molecular weight is 410 g/mol. The second kappa shape index (κ2) is 11.3. The Kier molecular flexibility index (Phi) is 8.50. The summed E-state index contributed by atoms with van der Waals surface area (Å²) >= 11 is 5.95. The van der Waals surface area contributed by atoms with E-state index >= 15 is 0 Å². The summed E-state index contributed by atoms with van der Waals surface area (Å²) in [6.07, 6.45) is 0.381. The molecule has 0 aliphatic carbocycles. The molecule has 0 fully saturated rings. The van der Waals surface area contributed by atoms with Gasteiger partial charge in [-0.15, -0.1) is 0 Å². The van der Waals surface area contributed by atoms with Crippen LogP contribution in [0.4, 0.5) is 11.4 Å². The fourth-order valence-corrected chi connectivity index (χ4v) is 2.80. The van der Waals surface area contributed by atoms with E-state index < -0.39 is 0 Å². The number of rotatable bonds is 9. The highest BCUT2D eigenvalue weighted by Gasteiger charge is 2.15. The van der Waals surface area contributed by atoms with Gasteiger partial charge in [0.2, 0.25) is 5.91 Å². The van der Waals surface area contributed by atoms with Gasteiger partial charge in [-0.1, -0.05) is 29.8 Å². The van der Waals surface area contributed by atoms with Crippen LogP contribution in [0.1, 0.15) is 23.2 Å². The highest BCUT2D eigenvalue weighted by molar-refractivity contribution is 6.31. The molecule has 0 bridgehead atoms. The number of carbonyl (C=O) groups excluding carboxylic acids is 2. The van der Waals surface area contributed by atoms with Crippen molar-refractivity contribution in [2.45, 2.75) is 12.8 Å². The Morgan fingerprint density at radius 2 is 1.69 bits per heavy atom. The lowest BCUT2D eigenvalue weighted by Gasteiger charge is -2.21. The average Bonchev–Trinajstić information content (AvgIpc) is 2.72. The van der Waals surface area contributed by atoms with Crippen molar-refractivity contribution in [1.29, 1.82) is 10.5 Å². The van der Waals surface area contributed by atoms with E-state index in [1.54, 1.807) is 48.5 Å². The van der Waals surface area contributed by atoms with E-state index in [1.807, 2.05) is 12.1 Å². The number of hydrogen-bond acceptors (Lipinski definition) is 5. The highest BCUT2D eigenvalue weighted by Crippen LogP contribution is 2.19. The van der Waals surface area contributed by atoms with Gasteiger partial charge in [0.1, 0.15) is 0 Å². The molecule has 0 aromatic heterocycles. The van der Waals surface area contributed by atoms with Crippen LogP contribution in [-0.2, 0) is 4.79 Å². The molecule has 0 spiro atoms. The maximum Gasteiger partial charge on any atom is 0.257 e. The van der Waals surface area contributed by atoms with Crippen LogP contribution in [0.5, 0.6) is 0 Å². The van der Waals surface area contributed by atoms with Gasteiger partial charge in [-0.25, -0.2) is 0 Å². The van der Waals surface area contributed by atoms with Crippen LogP contribution < -0.4 is 10.6 Å². The molecule has 2 aromatic carbocycles. The van der Waals surface area contributed by atoms with E-state index in [-0.39, 0.29) is 44.3 Å². The normalized spacial score (nSPS) is 9.76. The molecule has 0 saturated heterocycles. The van der Waals surface area contributed by atoms with Gasteiger partial charge in [0.05, 0.1) is 37.1 Å². The van der Waals surface area contributed by atoms with E-state index in [2.05, 4.69) is 10.6 Å². The summed E-state index contributed by atoms with van der Waals surface area (Å²) in [6.45, 7) is 0.462. The van der Waals surface area contributed by atoms with Crippen molar-refractivity contribution in [3.8, 4) is 12.1 Å². The van der Waals surface area contributed by atoms with E-state index in [9.17, 15) is 9.59 Å². The number of carbonyl (C=O) groups is 2. The van der Waals surface area contributed by atoms with Crippen LogP contribution in [-0.4, -0.2) is 36.3 Å². The van der Waals surface area contributed by atoms with Gasteiger partial charge in [0, 0.05) is 29.5 Å². The maximum atomic E-state index is 12.6. The smallest absolute Gasteiger partial charge is 0.257 e. The number of nitriles is 2. The van der Waals surface area contributed by atoms with E-state index in [0.717, 1.165) is 0 Å². The number of nitrogens with one attached hydrogen (secondary N) is 2. The van der Waals surface area contributed by atoms with E-state index in [0.29, 0.717) is 22.0 Å². The van der Waals surface area contributed by atoms with Crippen molar-refractivity contribution < 1.29 is 9.59 Å². The monoisotopic (exact) mass is 409 g/mol. The van der Waals surface area contributed by atoms with E-state index in [1.165, 1.54) is 4.90 Å². The first-order chi connectivity index (χ1) is 14.0. The molecular formula is C21H20ClN5O2. The fraction of sp³-hybridized carbons (Fsp3) is 0.238. The lowest BCUT2D eigenvalue weighted by Crippen LogP contribution is -2.37. The summed E-state index contributed by atoms with van der Waals surface area (Å²) in [5, 5.41) is 23.8. The van der Waals surface area contributed by atoms with Crippen molar-refractivity contribution in [3.63, 3.8) is 0 Å². The summed E-state index contributed by atoms with van der Waals surface area (Å²) in [5.74, 6) is -0.589. The van der Waals surface area contributed by atoms with Gasteiger partial charge in [-0.3, -0.25) is 9.59 Å². The largest absolute Gasteiger partial charge is 0.376 e. The first-order valence-corrected chi connectivity index (χ1v) is 9.34. The van der Waals surface area contributed by atoms with Crippen LogP contribution in [0.15, 0.2) is 48.5 Å². The van der Waals surface area contributed by atoms with E-state index in [4.69, 9.17) is 22.1 Å². The molecule has 0 atom stereocenters. The van der Waals surface area contributed by atoms with Crippen molar-refractivity contribution in [1.82, 2.24) is 4.90 Å². The summed E-state index contributed by atoms with van der Waals surface area (Å²) in [6, 6.07) is 17.6. The molecule has 0 radical (unpaired) electrons. The standard InChI is InChI=1S/C21H20ClN5O2/c22-16-6-3-7-17(14-16)26-21(29)18-8-1-2-9-19(18)25-15-20(28)27(12-4-10-23)13-5-11-24/h1-3,6-9,14,25H,4-5,12-13,15H2,(H,26,29). The lowest BCUT2D eigenvalue weighted by atomic mass is 10.1. The molecule has 2 rings (SSSR count). The Bertz CT molecular complexity index is 931. The minimum Gasteiger partial charge on any atom is -0.376 e. The van der Waals surface area contributed by atoms with Crippen LogP contribution in [0, 0.1) is 22.7 Å². The van der Waals surface area contributed by atoms with Gasteiger partial charge >= 0.3 is 0 Å². The van der Waals surface area contributed by atoms with Crippen LogP contribution in [0.25, 0.3) is 0 Å². The van der Waals surface area contributed by atoms with Gasteiger partial charge in [-0.05, 0) is 30.3 Å². The predicted octanol–water partition coefficient (Wildman–Crippen LogP) is 3.66. The first kappa shape index (κ1) is 21.7. The Balaban J connectivity index is 2.06. The Labute approximate surface area is 174 Å². The third-order valence-corrected chi connectivity index (χ3v) is 4.26. The van der Waals surface area contributed by atoms with Crippen molar-refractivity contribution in [2.24, 2.45) is 0 Å². The van der Waals surface area contributed by atoms with Crippen LogP contribution in [0.2, 0.25) is 5.02 Å². The highest BCUT2D eigenvalue weighted by atomic mass is 35.5. The van der Waals surface area contributed by atoms with Gasteiger partial charge in [0.25, 0.3) is 5.91 Å². The maximum absolute atomic E-state index is 12.6. The number of hydrogen-bond donors (Lipinski definition) is 2. The SMILES string of the molecule is N#CCCN(CCC#N)C(=O)CNc1ccccc1C(=O)Nc1cccc(Cl)c1. The van der Waals surface area contributed by atoms with Crippen LogP contribution in [0.3, 0.4) is 0 Å². The number of anilines is 2. The molecule has 0 heterocycles. The molecule has 0 saturated carbocycles. The molecule has 2 N–H and O–H groups in total. The minimum absolute atomic E-state index is 0.0572. The molecule has 2 amide bonds. The zero-order chi connectivity index (χ0) is 21.1. The van der Waals surface area contributed by atoms with Gasteiger partial charge in [0.15, 0.2) is 0 Å². The minimum atomic E-state index is -0.339. The lowest BCUT2D eigenvalue weighted by molar-refractivity contribution is -0.129. The molecular weight excluding hydrogens is 390 g/mol. The molecule has 2 aromatic rings. The fourth-order valence-electron chi connectivity index (χ4n) is 2.61. The van der Waals surface area contributed by atoms with Crippen molar-refractivity contribution in [2.75, 3.05) is 30.3 Å². The quantitative estimate of drug-likeness (QED) is 0.656. The second-order valence-electron chi connectivity index (χ2n) is 6.06. The molecule has 0 unspecified atom stereocenters. The van der Waals surface area contributed by atoms with Gasteiger partial charge < -0.3 is 15.5 Å². The molecule has 148 valence electrons. The van der Waals surface area contributed by atoms with Crippen LogP contribution >= 0.6 is 11.6 Å². The summed E-state index contributed by atoms with van der Waals surface area (Å²) in [5.41, 5.74) is 1.44. The summed E-state index contributed by atoms with van der Waals surface area (Å²) in [4.78, 5) is 26.6. The zero-order valence-electron chi connectivity index (χ0n) is 15.7. The molecule has 0 aliphatic heterocycles. The molecule has 0 aliphatic rings. The van der Waals surface area contributed by atoms with Crippen molar-refractivity contribution >= 4 is 34.8 Å². The summed E-state index contributed by atoms with van der Waals surface area (Å²) < 4.78 is 0. The number of nitrogens with zero attached hydrogens (tertiary/aromatic N) is 3. The first-order valence-electron chi connectivity index (χ1n) is 8.96. The number of halogens is 1. The number of benzene rings is 2. The summed E-state index contributed by atoms with van der Waals surface area (Å²) in [7, 11) is 0. The Morgan fingerprint density at radius 1 is 1.00 bits per heavy atom. The Hall–Kier alpha value is -3.55. The number of amides is 2. The third kappa shape index (κ3) is 6.84.